The fourth-order valence-electron chi connectivity index (χ4n) is 5.18. The van der Waals surface area contributed by atoms with E-state index >= 15 is 0 Å². The highest BCUT2D eigenvalue weighted by Crippen LogP contribution is 2.37. The molecule has 2 aromatic carbocycles. The van der Waals surface area contributed by atoms with Crippen molar-refractivity contribution in [1.82, 2.24) is 14.8 Å². The third kappa shape index (κ3) is 6.06. The SMILES string of the molecule is O=C(CC(Cc1cc(F)cc(F)c1)c1ncoc1-c1ccc(Cl)cc1)Cn1nc(C(F)(F)F)c2c1CCCC2. The van der Waals surface area contributed by atoms with Gasteiger partial charge in [-0.05, 0) is 74.1 Å². The summed E-state index contributed by atoms with van der Waals surface area (Å²) in [5.74, 6) is -2.26. The van der Waals surface area contributed by atoms with Crippen molar-refractivity contribution >= 4 is 17.4 Å². The molecule has 0 aliphatic heterocycles. The Morgan fingerprint density at radius 1 is 1.05 bits per heavy atom. The Labute approximate surface area is 225 Å². The number of halogens is 6. The molecule has 1 atom stereocenters. The number of carbonyl (C=O) groups is 1. The average molecular weight is 564 g/mol. The Morgan fingerprint density at radius 2 is 1.74 bits per heavy atom. The van der Waals surface area contributed by atoms with Crippen LogP contribution in [-0.4, -0.2) is 20.5 Å². The van der Waals surface area contributed by atoms with E-state index in [1.54, 1.807) is 24.3 Å². The highest BCUT2D eigenvalue weighted by molar-refractivity contribution is 6.30. The number of ketones is 1. The van der Waals surface area contributed by atoms with Crippen LogP contribution in [0.4, 0.5) is 22.0 Å². The van der Waals surface area contributed by atoms with Gasteiger partial charge in [-0.15, -0.1) is 0 Å². The van der Waals surface area contributed by atoms with Crippen molar-refractivity contribution in [2.24, 2.45) is 0 Å². The van der Waals surface area contributed by atoms with Crippen molar-refractivity contribution in [3.8, 4) is 11.3 Å². The number of rotatable bonds is 8. The van der Waals surface area contributed by atoms with Crippen LogP contribution in [0.2, 0.25) is 5.02 Å². The number of oxazole rings is 1. The molecular weight excluding hydrogens is 541 g/mol. The van der Waals surface area contributed by atoms with Gasteiger partial charge in [-0.2, -0.15) is 18.3 Å². The van der Waals surface area contributed by atoms with Crippen LogP contribution in [0.3, 0.4) is 0 Å². The van der Waals surface area contributed by atoms with E-state index in [-0.39, 0.29) is 31.4 Å². The van der Waals surface area contributed by atoms with E-state index in [2.05, 4.69) is 10.1 Å². The van der Waals surface area contributed by atoms with Gasteiger partial charge in [-0.3, -0.25) is 9.48 Å². The molecule has 204 valence electrons. The second kappa shape index (κ2) is 10.9. The predicted octanol–water partition coefficient (Wildman–Crippen LogP) is 7.35. The summed E-state index contributed by atoms with van der Waals surface area (Å²) in [5.41, 5.74) is 0.938. The first-order valence-corrected chi connectivity index (χ1v) is 12.8. The zero-order valence-corrected chi connectivity index (χ0v) is 21.3. The molecule has 0 saturated heterocycles. The van der Waals surface area contributed by atoms with Crippen LogP contribution in [0.5, 0.6) is 0 Å². The summed E-state index contributed by atoms with van der Waals surface area (Å²) in [7, 11) is 0. The molecular formula is C28H23ClF5N3O2. The number of hydrogen-bond donors (Lipinski definition) is 0. The summed E-state index contributed by atoms with van der Waals surface area (Å²) in [6, 6.07) is 9.82. The lowest BCUT2D eigenvalue weighted by Gasteiger charge is -2.17. The van der Waals surface area contributed by atoms with Crippen LogP contribution < -0.4 is 0 Å². The summed E-state index contributed by atoms with van der Waals surface area (Å²) in [4.78, 5) is 17.6. The van der Waals surface area contributed by atoms with Crippen molar-refractivity contribution in [2.45, 2.75) is 57.2 Å². The molecule has 2 heterocycles. The van der Waals surface area contributed by atoms with Gasteiger partial charge in [0.1, 0.15) is 11.6 Å². The standard InChI is InChI=1S/C28H23ClF5N3O2/c29-19-7-5-17(6-8-19)26-25(35-15-39-26)18(9-16-10-20(30)13-21(31)11-16)12-22(38)14-37-24-4-2-1-3-23(24)27(36-37)28(32,33)34/h5-8,10-11,13,15,18H,1-4,9,12,14H2. The van der Waals surface area contributed by atoms with Gasteiger partial charge in [-0.25, -0.2) is 13.8 Å². The van der Waals surface area contributed by atoms with E-state index in [0.717, 1.165) is 10.7 Å². The largest absolute Gasteiger partial charge is 0.443 e. The Balaban J connectivity index is 1.46. The summed E-state index contributed by atoms with van der Waals surface area (Å²) in [6.07, 6.45) is -1.53. The summed E-state index contributed by atoms with van der Waals surface area (Å²) in [5, 5.41) is 4.28. The predicted molar refractivity (Wildman–Crippen MR) is 133 cm³/mol. The Kier molecular flexibility index (Phi) is 7.57. The maximum Gasteiger partial charge on any atom is 0.435 e. The van der Waals surface area contributed by atoms with Gasteiger partial charge in [0, 0.05) is 40.2 Å². The maximum absolute atomic E-state index is 14.0. The van der Waals surface area contributed by atoms with Crippen LogP contribution in [0.25, 0.3) is 11.3 Å². The zero-order valence-electron chi connectivity index (χ0n) is 20.6. The molecule has 2 aromatic heterocycles. The lowest BCUT2D eigenvalue weighted by molar-refractivity contribution is -0.142. The number of hydrogen-bond acceptors (Lipinski definition) is 4. The van der Waals surface area contributed by atoms with Gasteiger partial charge in [0.25, 0.3) is 0 Å². The van der Waals surface area contributed by atoms with Gasteiger partial charge in [0.15, 0.2) is 23.6 Å². The first-order valence-electron chi connectivity index (χ1n) is 12.4. The molecule has 1 unspecified atom stereocenters. The second-order valence-corrected chi connectivity index (χ2v) is 10.1. The van der Waals surface area contributed by atoms with Crippen molar-refractivity contribution < 1.29 is 31.2 Å². The van der Waals surface area contributed by atoms with Gasteiger partial charge < -0.3 is 4.42 Å². The van der Waals surface area contributed by atoms with Gasteiger partial charge >= 0.3 is 6.18 Å². The molecule has 0 N–H and O–H groups in total. The maximum atomic E-state index is 14.0. The summed E-state index contributed by atoms with van der Waals surface area (Å²) >= 11 is 6.00. The van der Waals surface area contributed by atoms with E-state index in [4.69, 9.17) is 16.0 Å². The van der Waals surface area contributed by atoms with Gasteiger partial charge in [0.05, 0.1) is 12.2 Å². The molecule has 11 heteroatoms. The van der Waals surface area contributed by atoms with E-state index in [1.165, 1.54) is 18.5 Å². The van der Waals surface area contributed by atoms with E-state index in [9.17, 15) is 26.7 Å². The minimum atomic E-state index is -4.62. The van der Waals surface area contributed by atoms with Crippen LogP contribution in [0.1, 0.15) is 53.4 Å². The van der Waals surface area contributed by atoms with E-state index in [1.807, 2.05) is 0 Å². The van der Waals surface area contributed by atoms with Gasteiger partial charge in [0.2, 0.25) is 0 Å². The Morgan fingerprint density at radius 3 is 2.44 bits per heavy atom. The smallest absolute Gasteiger partial charge is 0.435 e. The molecule has 4 aromatic rings. The normalized spacial score (nSPS) is 14.3. The highest BCUT2D eigenvalue weighted by Gasteiger charge is 2.39. The number of fused-ring (bicyclic) bond motifs is 1. The minimum Gasteiger partial charge on any atom is -0.443 e. The molecule has 0 saturated carbocycles. The number of benzene rings is 2. The first kappa shape index (κ1) is 27.1. The van der Waals surface area contributed by atoms with Gasteiger partial charge in [-0.1, -0.05) is 11.6 Å². The molecule has 1 aliphatic carbocycles. The van der Waals surface area contributed by atoms with E-state index < -0.39 is 35.2 Å². The van der Waals surface area contributed by atoms with Crippen LogP contribution in [-0.2, 0) is 36.8 Å². The lowest BCUT2D eigenvalue weighted by Crippen LogP contribution is -2.19. The van der Waals surface area contributed by atoms with Crippen molar-refractivity contribution in [2.75, 3.05) is 0 Å². The zero-order chi connectivity index (χ0) is 27.7. The molecule has 1 aliphatic rings. The van der Waals surface area contributed by atoms with Crippen molar-refractivity contribution in [3.05, 3.63) is 93.7 Å². The van der Waals surface area contributed by atoms with Crippen molar-refractivity contribution in [3.63, 3.8) is 0 Å². The fraction of sp³-hybridized carbons (Fsp3) is 0.321. The number of nitrogens with zero attached hydrogens (tertiary/aromatic N) is 3. The third-order valence-electron chi connectivity index (χ3n) is 6.82. The minimum absolute atomic E-state index is 0.0402. The molecule has 0 fully saturated rings. The summed E-state index contributed by atoms with van der Waals surface area (Å²) in [6.45, 7) is -0.361. The average Bonchev–Trinajstić information content (AvgIpc) is 3.49. The van der Waals surface area contributed by atoms with Crippen LogP contribution >= 0.6 is 11.6 Å². The van der Waals surface area contributed by atoms with Crippen LogP contribution in [0.15, 0.2) is 53.3 Å². The first-order chi connectivity index (χ1) is 18.6. The monoisotopic (exact) mass is 563 g/mol. The van der Waals surface area contributed by atoms with Crippen LogP contribution in [0, 0.1) is 11.6 Å². The number of carbonyl (C=O) groups excluding carboxylic acids is 1. The molecule has 0 bridgehead atoms. The lowest BCUT2D eigenvalue weighted by atomic mass is 9.89. The molecule has 5 nitrogen and oxygen atoms in total. The molecule has 0 radical (unpaired) electrons. The molecule has 0 amide bonds. The molecule has 39 heavy (non-hydrogen) atoms. The fourth-order valence-corrected chi connectivity index (χ4v) is 5.30. The number of Topliss-reactive ketones (excluding diaryl/α,β-unsaturated/α-hetero) is 1. The van der Waals surface area contributed by atoms with E-state index in [0.29, 0.717) is 52.6 Å². The van der Waals surface area contributed by atoms with Crippen molar-refractivity contribution in [1.29, 1.82) is 0 Å². The topological polar surface area (TPSA) is 60.9 Å². The third-order valence-corrected chi connectivity index (χ3v) is 7.07. The quantitative estimate of drug-likeness (QED) is 0.210. The number of alkyl halides is 3. The molecule has 5 rings (SSSR count). The summed E-state index contributed by atoms with van der Waals surface area (Å²) < 4.78 is 75.5. The molecule has 0 spiro atoms. The Bertz CT molecular complexity index is 1470. The Hall–Kier alpha value is -3.53. The highest BCUT2D eigenvalue weighted by atomic mass is 35.5. The second-order valence-electron chi connectivity index (χ2n) is 9.63. The number of aromatic nitrogens is 3.